The summed E-state index contributed by atoms with van der Waals surface area (Å²) in [5.41, 5.74) is -0.0890. The highest BCUT2D eigenvalue weighted by Crippen LogP contribution is 2.24. The van der Waals surface area contributed by atoms with E-state index >= 15 is 0 Å². The maximum Gasteiger partial charge on any atom is 0.347 e. The lowest BCUT2D eigenvalue weighted by atomic mass is 10.1. The van der Waals surface area contributed by atoms with Gasteiger partial charge in [0.25, 0.3) is 5.69 Å². The van der Waals surface area contributed by atoms with Gasteiger partial charge in [0, 0.05) is 30.8 Å². The van der Waals surface area contributed by atoms with Gasteiger partial charge in [-0.2, -0.15) is 0 Å². The summed E-state index contributed by atoms with van der Waals surface area (Å²) in [6.07, 6.45) is -0.753. The van der Waals surface area contributed by atoms with E-state index in [1.54, 1.807) is 0 Å². The van der Waals surface area contributed by atoms with Crippen LogP contribution in [0.5, 0.6) is 0 Å². The minimum Gasteiger partial charge on any atom is -0.463 e. The molecule has 9 heteroatoms. The first kappa shape index (κ1) is 15.7. The van der Waals surface area contributed by atoms with Crippen LogP contribution in [-0.2, 0) is 14.3 Å². The van der Waals surface area contributed by atoms with Crippen LogP contribution in [0.25, 0.3) is 0 Å². The Kier molecular flexibility index (Phi) is 4.89. The molecule has 1 aliphatic rings. The van der Waals surface area contributed by atoms with Crippen molar-refractivity contribution in [3.8, 4) is 0 Å². The van der Waals surface area contributed by atoms with Gasteiger partial charge >= 0.3 is 11.9 Å². The number of esters is 2. The van der Waals surface area contributed by atoms with Gasteiger partial charge in [-0.15, -0.1) is 0 Å². The molecule has 1 aromatic rings. The Labute approximate surface area is 125 Å². The summed E-state index contributed by atoms with van der Waals surface area (Å²) in [6.45, 7) is 0.144. The van der Waals surface area contributed by atoms with Crippen LogP contribution in [0.1, 0.15) is 16.8 Å². The van der Waals surface area contributed by atoms with Crippen molar-refractivity contribution in [2.45, 2.75) is 12.5 Å². The van der Waals surface area contributed by atoms with E-state index in [4.69, 9.17) is 9.84 Å². The van der Waals surface area contributed by atoms with Crippen LogP contribution < -0.4 is 5.32 Å². The first-order valence-corrected chi connectivity index (χ1v) is 6.53. The SMILES string of the molecule is O=C(O[C@@H]1CCOC1=O)c1cc([N+](=O)[O-])ccc1NCCO. The zero-order valence-corrected chi connectivity index (χ0v) is 11.5. The van der Waals surface area contributed by atoms with Crippen molar-refractivity contribution in [3.05, 3.63) is 33.9 Å². The van der Waals surface area contributed by atoms with Crippen molar-refractivity contribution in [3.63, 3.8) is 0 Å². The highest BCUT2D eigenvalue weighted by atomic mass is 16.6. The number of nitrogens with one attached hydrogen (secondary N) is 1. The van der Waals surface area contributed by atoms with E-state index in [1.807, 2.05) is 0 Å². The first-order valence-electron chi connectivity index (χ1n) is 6.53. The molecule has 0 spiro atoms. The molecular weight excluding hydrogens is 296 g/mol. The van der Waals surface area contributed by atoms with Gasteiger partial charge in [-0.3, -0.25) is 10.1 Å². The Morgan fingerprint density at radius 1 is 1.55 bits per heavy atom. The van der Waals surface area contributed by atoms with Crippen LogP contribution in [0, 0.1) is 10.1 Å². The number of hydrogen-bond donors (Lipinski definition) is 2. The van der Waals surface area contributed by atoms with Crippen LogP contribution in [0.3, 0.4) is 0 Å². The number of rotatable bonds is 6. The summed E-state index contributed by atoms with van der Waals surface area (Å²) in [6, 6.07) is 3.63. The minimum atomic E-state index is -1.00. The van der Waals surface area contributed by atoms with E-state index in [-0.39, 0.29) is 43.1 Å². The molecule has 1 heterocycles. The molecule has 22 heavy (non-hydrogen) atoms. The van der Waals surface area contributed by atoms with Gasteiger partial charge in [-0.1, -0.05) is 0 Å². The van der Waals surface area contributed by atoms with Crippen LogP contribution >= 0.6 is 0 Å². The number of nitrogens with zero attached hydrogens (tertiary/aromatic N) is 1. The molecule has 1 atom stereocenters. The molecule has 2 rings (SSSR count). The number of anilines is 1. The number of non-ortho nitro benzene ring substituents is 1. The van der Waals surface area contributed by atoms with Crippen molar-refractivity contribution in [2.75, 3.05) is 25.1 Å². The topological polar surface area (TPSA) is 128 Å². The average molecular weight is 310 g/mol. The zero-order valence-electron chi connectivity index (χ0n) is 11.5. The number of hydrogen-bond acceptors (Lipinski definition) is 8. The van der Waals surface area contributed by atoms with Crippen molar-refractivity contribution >= 4 is 23.3 Å². The summed E-state index contributed by atoms with van der Waals surface area (Å²) in [7, 11) is 0. The summed E-state index contributed by atoms with van der Waals surface area (Å²) in [4.78, 5) is 33.6. The monoisotopic (exact) mass is 310 g/mol. The van der Waals surface area contributed by atoms with Crippen molar-refractivity contribution in [2.24, 2.45) is 0 Å². The molecule has 0 radical (unpaired) electrons. The highest BCUT2D eigenvalue weighted by molar-refractivity contribution is 5.97. The first-order chi connectivity index (χ1) is 10.5. The largest absolute Gasteiger partial charge is 0.463 e. The molecular formula is C13H14N2O7. The smallest absolute Gasteiger partial charge is 0.347 e. The molecule has 118 valence electrons. The van der Waals surface area contributed by atoms with Gasteiger partial charge in [0.05, 0.1) is 23.7 Å². The van der Waals surface area contributed by atoms with Gasteiger partial charge in [0.1, 0.15) is 0 Å². The third-order valence-corrected chi connectivity index (χ3v) is 3.00. The fraction of sp³-hybridized carbons (Fsp3) is 0.385. The summed E-state index contributed by atoms with van der Waals surface area (Å²) in [5, 5.41) is 22.4. The predicted octanol–water partition coefficient (Wildman–Crippen LogP) is 0.471. The third kappa shape index (κ3) is 3.50. The number of aliphatic hydroxyl groups is 1. The molecule has 1 saturated heterocycles. The maximum atomic E-state index is 12.1. The third-order valence-electron chi connectivity index (χ3n) is 3.00. The quantitative estimate of drug-likeness (QED) is 0.441. The standard InChI is InChI=1S/C13H14N2O7/c16-5-4-14-10-2-1-8(15(19)20)7-9(10)12(17)22-11-3-6-21-13(11)18/h1-2,7,11,14,16H,3-6H2/t11-/m1/s1. The number of carbonyl (C=O) groups is 2. The Hall–Kier alpha value is -2.68. The average Bonchev–Trinajstić information content (AvgIpc) is 2.90. The zero-order chi connectivity index (χ0) is 16.1. The lowest BCUT2D eigenvalue weighted by Gasteiger charge is -2.12. The molecule has 0 aliphatic carbocycles. The van der Waals surface area contributed by atoms with Crippen LogP contribution in [-0.4, -0.2) is 47.8 Å². The molecule has 1 fully saturated rings. The molecule has 0 amide bonds. The lowest BCUT2D eigenvalue weighted by Crippen LogP contribution is -2.23. The summed E-state index contributed by atoms with van der Waals surface area (Å²) < 4.78 is 9.71. The Morgan fingerprint density at radius 3 is 2.91 bits per heavy atom. The molecule has 9 nitrogen and oxygen atoms in total. The fourth-order valence-electron chi connectivity index (χ4n) is 1.94. The fourth-order valence-corrected chi connectivity index (χ4v) is 1.94. The number of aliphatic hydroxyl groups excluding tert-OH is 1. The van der Waals surface area contributed by atoms with Gasteiger partial charge in [-0.25, -0.2) is 9.59 Å². The normalized spacial score (nSPS) is 17.0. The van der Waals surface area contributed by atoms with E-state index in [0.29, 0.717) is 0 Å². The Morgan fingerprint density at radius 2 is 2.32 bits per heavy atom. The number of carbonyl (C=O) groups excluding carboxylic acids is 2. The van der Waals surface area contributed by atoms with Gasteiger partial charge in [0.15, 0.2) is 0 Å². The van der Waals surface area contributed by atoms with E-state index in [0.717, 1.165) is 6.07 Å². The molecule has 1 aromatic carbocycles. The Balaban J connectivity index is 2.24. The molecule has 0 saturated carbocycles. The number of ether oxygens (including phenoxy) is 2. The minimum absolute atomic E-state index is 0.0812. The van der Waals surface area contributed by atoms with Crippen molar-refractivity contribution < 1.29 is 29.1 Å². The Bertz CT molecular complexity index is 602. The maximum absolute atomic E-state index is 12.1. The second-order valence-corrected chi connectivity index (χ2v) is 4.49. The number of nitro benzene ring substituents is 1. The molecule has 0 aromatic heterocycles. The molecule has 1 aliphatic heterocycles. The number of benzene rings is 1. The second-order valence-electron chi connectivity index (χ2n) is 4.49. The summed E-state index contributed by atoms with van der Waals surface area (Å²) in [5.74, 6) is -1.50. The number of cyclic esters (lactones) is 1. The van der Waals surface area contributed by atoms with E-state index in [1.165, 1.54) is 12.1 Å². The number of nitro groups is 1. The van der Waals surface area contributed by atoms with Crippen LogP contribution in [0.15, 0.2) is 18.2 Å². The van der Waals surface area contributed by atoms with Gasteiger partial charge in [0.2, 0.25) is 6.10 Å². The van der Waals surface area contributed by atoms with E-state index in [9.17, 15) is 19.7 Å². The lowest BCUT2D eigenvalue weighted by molar-refractivity contribution is -0.384. The summed E-state index contributed by atoms with van der Waals surface area (Å²) >= 11 is 0. The van der Waals surface area contributed by atoms with Crippen LogP contribution in [0.2, 0.25) is 0 Å². The molecule has 2 N–H and O–H groups in total. The highest BCUT2D eigenvalue weighted by Gasteiger charge is 2.31. The van der Waals surface area contributed by atoms with Crippen molar-refractivity contribution in [1.29, 1.82) is 0 Å². The predicted molar refractivity (Wildman–Crippen MR) is 73.5 cm³/mol. The van der Waals surface area contributed by atoms with Crippen molar-refractivity contribution in [1.82, 2.24) is 0 Å². The van der Waals surface area contributed by atoms with Crippen LogP contribution in [0.4, 0.5) is 11.4 Å². The molecule has 0 unspecified atom stereocenters. The van der Waals surface area contributed by atoms with E-state index in [2.05, 4.69) is 10.1 Å². The molecule has 0 bridgehead atoms. The second kappa shape index (κ2) is 6.85. The van der Waals surface area contributed by atoms with Gasteiger partial charge in [-0.05, 0) is 6.07 Å². The van der Waals surface area contributed by atoms with E-state index < -0.39 is 23.0 Å². The van der Waals surface area contributed by atoms with Gasteiger partial charge < -0.3 is 19.9 Å².